The normalized spacial score (nSPS) is 14.8. The van der Waals surface area contributed by atoms with Gasteiger partial charge < -0.3 is 5.73 Å². The summed E-state index contributed by atoms with van der Waals surface area (Å²) in [6.45, 7) is 7.09. The largest absolute Gasteiger partial charge is 0.368 e. The predicted octanol–water partition coefficient (Wildman–Crippen LogP) is 0.732. The highest BCUT2D eigenvalue weighted by Gasteiger charge is 2.21. The quantitative estimate of drug-likeness (QED) is 0.682. The molecule has 1 amide bonds. The smallest absolute Gasteiger partial charge is 0.234 e. The van der Waals surface area contributed by atoms with Crippen molar-refractivity contribution < 1.29 is 4.79 Å². The lowest BCUT2D eigenvalue weighted by Crippen LogP contribution is -2.45. The zero-order valence-electron chi connectivity index (χ0n) is 9.16. The topological polar surface area (TPSA) is 70.1 Å². The lowest BCUT2D eigenvalue weighted by molar-refractivity contribution is -0.123. The fraction of sp³-hybridized carbons (Fsp3) is 0.800. The molecule has 0 saturated heterocycles. The molecule has 0 fully saturated rings. The van der Waals surface area contributed by atoms with E-state index in [9.17, 15) is 4.79 Å². The van der Waals surface area contributed by atoms with Crippen molar-refractivity contribution in [3.05, 3.63) is 0 Å². The minimum atomic E-state index is -0.306. The number of hydrogen-bond donors (Lipinski definition) is 1. The molecule has 14 heavy (non-hydrogen) atoms. The standard InChI is InChI=1S/C10H19N3O/c1-4-9(10(12)14)13(5-2)7-8(3)6-11/h8-9H,4-5,7H2,1-3H3,(H2,12,14). The van der Waals surface area contributed by atoms with Gasteiger partial charge in [-0.25, -0.2) is 0 Å². The molecule has 0 aliphatic carbocycles. The van der Waals surface area contributed by atoms with E-state index in [0.717, 1.165) is 6.54 Å². The number of carbonyl (C=O) groups is 1. The van der Waals surface area contributed by atoms with Crippen LogP contribution in [0.25, 0.3) is 0 Å². The van der Waals surface area contributed by atoms with Crippen molar-refractivity contribution in [2.75, 3.05) is 13.1 Å². The number of nitriles is 1. The molecule has 2 N–H and O–H groups in total. The molecule has 0 saturated carbocycles. The van der Waals surface area contributed by atoms with Crippen LogP contribution in [0, 0.1) is 17.2 Å². The molecule has 0 spiro atoms. The van der Waals surface area contributed by atoms with E-state index in [1.165, 1.54) is 0 Å². The SMILES string of the molecule is CCC(C(N)=O)N(CC)CC(C)C#N. The Balaban J connectivity index is 4.38. The van der Waals surface area contributed by atoms with E-state index < -0.39 is 0 Å². The molecule has 0 radical (unpaired) electrons. The summed E-state index contributed by atoms with van der Waals surface area (Å²) in [5.74, 6) is -0.372. The summed E-state index contributed by atoms with van der Waals surface area (Å²) in [4.78, 5) is 13.1. The fourth-order valence-electron chi connectivity index (χ4n) is 1.51. The van der Waals surface area contributed by atoms with E-state index in [2.05, 4.69) is 6.07 Å². The Labute approximate surface area is 85.7 Å². The predicted molar refractivity (Wildman–Crippen MR) is 55.3 cm³/mol. The summed E-state index contributed by atoms with van der Waals surface area (Å²) in [6.07, 6.45) is 0.696. The van der Waals surface area contributed by atoms with Crippen LogP contribution in [0.4, 0.5) is 0 Å². The van der Waals surface area contributed by atoms with Crippen LogP contribution < -0.4 is 5.73 Å². The number of nitrogens with zero attached hydrogens (tertiary/aromatic N) is 2. The van der Waals surface area contributed by atoms with Gasteiger partial charge in [0.1, 0.15) is 0 Å². The molecule has 0 aliphatic rings. The molecule has 4 nitrogen and oxygen atoms in total. The number of hydrogen-bond acceptors (Lipinski definition) is 3. The van der Waals surface area contributed by atoms with Crippen molar-refractivity contribution in [3.63, 3.8) is 0 Å². The van der Waals surface area contributed by atoms with E-state index in [1.54, 1.807) is 0 Å². The van der Waals surface area contributed by atoms with Crippen LogP contribution in [0.15, 0.2) is 0 Å². The molecule has 0 aromatic carbocycles. The molecule has 0 bridgehead atoms. The summed E-state index contributed by atoms with van der Waals surface area (Å²) in [6, 6.07) is 1.91. The molecule has 2 unspecified atom stereocenters. The highest BCUT2D eigenvalue weighted by molar-refractivity contribution is 5.79. The van der Waals surface area contributed by atoms with Gasteiger partial charge in [0.05, 0.1) is 18.0 Å². The maximum Gasteiger partial charge on any atom is 0.234 e. The summed E-state index contributed by atoms with van der Waals surface area (Å²) >= 11 is 0. The maximum absolute atomic E-state index is 11.1. The van der Waals surface area contributed by atoms with Crippen molar-refractivity contribution >= 4 is 5.91 Å². The van der Waals surface area contributed by atoms with Crippen LogP contribution >= 0.6 is 0 Å². The van der Waals surface area contributed by atoms with Crippen LogP contribution in [0.1, 0.15) is 27.2 Å². The molecule has 80 valence electrons. The lowest BCUT2D eigenvalue weighted by atomic mass is 10.1. The number of likely N-dealkylation sites (N-methyl/N-ethyl adjacent to an activating group) is 1. The number of amides is 1. The van der Waals surface area contributed by atoms with Gasteiger partial charge in [0, 0.05) is 6.54 Å². The zero-order valence-corrected chi connectivity index (χ0v) is 9.16. The van der Waals surface area contributed by atoms with E-state index in [4.69, 9.17) is 11.0 Å². The van der Waals surface area contributed by atoms with Crippen LogP contribution in [0.3, 0.4) is 0 Å². The van der Waals surface area contributed by atoms with Gasteiger partial charge in [0.2, 0.25) is 5.91 Å². The average molecular weight is 197 g/mol. The van der Waals surface area contributed by atoms with Gasteiger partial charge in [0.15, 0.2) is 0 Å². The highest BCUT2D eigenvalue weighted by atomic mass is 16.1. The molecule has 4 heteroatoms. The lowest BCUT2D eigenvalue weighted by Gasteiger charge is -2.28. The first-order valence-corrected chi connectivity index (χ1v) is 4.99. The van der Waals surface area contributed by atoms with Gasteiger partial charge in [-0.05, 0) is 19.9 Å². The molecule has 0 heterocycles. The Bertz CT molecular complexity index is 222. The summed E-state index contributed by atoms with van der Waals surface area (Å²) in [5.41, 5.74) is 5.28. The summed E-state index contributed by atoms with van der Waals surface area (Å²) in [7, 11) is 0. The fourth-order valence-corrected chi connectivity index (χ4v) is 1.51. The van der Waals surface area contributed by atoms with E-state index in [-0.39, 0.29) is 17.9 Å². The first-order valence-electron chi connectivity index (χ1n) is 4.99. The van der Waals surface area contributed by atoms with Gasteiger partial charge in [-0.15, -0.1) is 0 Å². The molecular formula is C10H19N3O. The Morgan fingerprint density at radius 2 is 2.14 bits per heavy atom. The van der Waals surface area contributed by atoms with E-state index in [1.807, 2.05) is 25.7 Å². The molecule has 0 aromatic rings. The molecule has 0 aliphatic heterocycles. The monoisotopic (exact) mass is 197 g/mol. The van der Waals surface area contributed by atoms with Gasteiger partial charge >= 0.3 is 0 Å². The molecule has 2 atom stereocenters. The third-order valence-electron chi connectivity index (χ3n) is 2.29. The third-order valence-corrected chi connectivity index (χ3v) is 2.29. The van der Waals surface area contributed by atoms with Crippen LogP contribution in [0.5, 0.6) is 0 Å². The van der Waals surface area contributed by atoms with Gasteiger partial charge in [-0.3, -0.25) is 9.69 Å². The minimum absolute atomic E-state index is 0.0663. The van der Waals surface area contributed by atoms with E-state index in [0.29, 0.717) is 13.0 Å². The Morgan fingerprint density at radius 3 is 2.43 bits per heavy atom. The van der Waals surface area contributed by atoms with Gasteiger partial charge in [-0.1, -0.05) is 13.8 Å². The number of nitrogens with two attached hydrogens (primary N) is 1. The number of primary amides is 1. The summed E-state index contributed by atoms with van der Waals surface area (Å²) in [5, 5.41) is 8.68. The van der Waals surface area contributed by atoms with Crippen LogP contribution in [-0.4, -0.2) is 29.9 Å². The highest BCUT2D eigenvalue weighted by Crippen LogP contribution is 2.07. The van der Waals surface area contributed by atoms with Crippen LogP contribution in [-0.2, 0) is 4.79 Å². The van der Waals surface area contributed by atoms with Crippen molar-refractivity contribution in [1.82, 2.24) is 4.90 Å². The van der Waals surface area contributed by atoms with Gasteiger partial charge in [0.25, 0.3) is 0 Å². The molecule has 0 rings (SSSR count). The molecular weight excluding hydrogens is 178 g/mol. The number of carbonyl (C=O) groups excluding carboxylic acids is 1. The Morgan fingerprint density at radius 1 is 1.57 bits per heavy atom. The van der Waals surface area contributed by atoms with Crippen LogP contribution in [0.2, 0.25) is 0 Å². The average Bonchev–Trinajstić information content (AvgIpc) is 2.16. The minimum Gasteiger partial charge on any atom is -0.368 e. The van der Waals surface area contributed by atoms with Crippen molar-refractivity contribution in [3.8, 4) is 6.07 Å². The second-order valence-corrected chi connectivity index (χ2v) is 3.44. The Hall–Kier alpha value is -1.08. The van der Waals surface area contributed by atoms with E-state index >= 15 is 0 Å². The second-order valence-electron chi connectivity index (χ2n) is 3.44. The first-order chi connectivity index (χ1) is 6.56. The van der Waals surface area contributed by atoms with Crippen molar-refractivity contribution in [2.24, 2.45) is 11.7 Å². The van der Waals surface area contributed by atoms with Crippen molar-refractivity contribution in [2.45, 2.75) is 33.2 Å². The molecule has 0 aromatic heterocycles. The Kier molecular flexibility index (Phi) is 5.89. The second kappa shape index (κ2) is 6.39. The number of rotatable bonds is 6. The zero-order chi connectivity index (χ0) is 11.1. The maximum atomic E-state index is 11.1. The summed E-state index contributed by atoms with van der Waals surface area (Å²) < 4.78 is 0. The third kappa shape index (κ3) is 3.75. The first kappa shape index (κ1) is 12.9. The van der Waals surface area contributed by atoms with Crippen molar-refractivity contribution in [1.29, 1.82) is 5.26 Å². The van der Waals surface area contributed by atoms with Gasteiger partial charge in [-0.2, -0.15) is 5.26 Å².